The van der Waals surface area contributed by atoms with Gasteiger partial charge in [0.2, 0.25) is 0 Å². The Bertz CT molecular complexity index is 690. The third-order valence-corrected chi connectivity index (χ3v) is 4.52. The van der Waals surface area contributed by atoms with E-state index in [1.807, 2.05) is 49.4 Å². The molecule has 0 aliphatic carbocycles. The third kappa shape index (κ3) is 3.67. The molecular formula is C19H22N2O3. The van der Waals surface area contributed by atoms with Gasteiger partial charge < -0.3 is 14.8 Å². The van der Waals surface area contributed by atoms with Crippen molar-refractivity contribution in [3.05, 3.63) is 59.9 Å². The molecule has 0 bridgehead atoms. The highest BCUT2D eigenvalue weighted by Crippen LogP contribution is 2.37. The molecule has 2 aromatic rings. The van der Waals surface area contributed by atoms with Gasteiger partial charge in [-0.15, -0.1) is 0 Å². The molecule has 0 fully saturated rings. The Balaban J connectivity index is 1.58. The van der Waals surface area contributed by atoms with Gasteiger partial charge >= 0.3 is 6.09 Å². The Kier molecular flexibility index (Phi) is 4.99. The molecule has 1 aliphatic heterocycles. The number of fused-ring (bicyclic) bond motifs is 1. The first-order valence-electron chi connectivity index (χ1n) is 8.21. The van der Waals surface area contributed by atoms with E-state index in [-0.39, 0.29) is 24.5 Å². The van der Waals surface area contributed by atoms with Gasteiger partial charge in [-0.1, -0.05) is 37.3 Å². The molecule has 126 valence electrons. The van der Waals surface area contributed by atoms with Crippen LogP contribution in [0.3, 0.4) is 0 Å². The Morgan fingerprint density at radius 2 is 2.00 bits per heavy atom. The number of pyridine rings is 1. The molecule has 24 heavy (non-hydrogen) atoms. The molecule has 0 spiro atoms. The fourth-order valence-electron chi connectivity index (χ4n) is 2.91. The van der Waals surface area contributed by atoms with Gasteiger partial charge in [-0.05, 0) is 24.6 Å². The van der Waals surface area contributed by atoms with Gasteiger partial charge in [0.25, 0.3) is 0 Å². The minimum atomic E-state index is -0.414. The zero-order chi connectivity index (χ0) is 16.9. The van der Waals surface area contributed by atoms with E-state index in [1.54, 1.807) is 6.20 Å². The quantitative estimate of drug-likeness (QED) is 0.934. The number of rotatable bonds is 4. The lowest BCUT2D eigenvalue weighted by atomic mass is 9.84. The summed E-state index contributed by atoms with van der Waals surface area (Å²) in [6.45, 7) is 4.90. The van der Waals surface area contributed by atoms with Gasteiger partial charge in [0.1, 0.15) is 12.4 Å². The number of carbonyl (C=O) groups is 1. The molecule has 5 nitrogen and oxygen atoms in total. The van der Waals surface area contributed by atoms with E-state index in [0.29, 0.717) is 6.54 Å². The summed E-state index contributed by atoms with van der Waals surface area (Å²) in [4.78, 5) is 16.4. The first-order chi connectivity index (χ1) is 11.6. The predicted octanol–water partition coefficient (Wildman–Crippen LogP) is 3.51. The first kappa shape index (κ1) is 16.3. The molecule has 0 saturated carbocycles. The van der Waals surface area contributed by atoms with Gasteiger partial charge in [0, 0.05) is 24.6 Å². The average molecular weight is 326 g/mol. The fraction of sp³-hybridized carbons (Fsp3) is 0.368. The summed E-state index contributed by atoms with van der Waals surface area (Å²) in [5, 5.41) is 2.86. The molecule has 1 aromatic heterocycles. The second-order valence-electron chi connectivity index (χ2n) is 6.12. The summed E-state index contributed by atoms with van der Waals surface area (Å²) in [6, 6.07) is 13.4. The minimum Gasteiger partial charge on any atom is -0.488 e. The van der Waals surface area contributed by atoms with E-state index < -0.39 is 6.09 Å². The van der Waals surface area contributed by atoms with Crippen LogP contribution in [-0.2, 0) is 11.3 Å². The lowest BCUT2D eigenvalue weighted by molar-refractivity contribution is 0.108. The van der Waals surface area contributed by atoms with Crippen LogP contribution in [0.5, 0.6) is 5.75 Å². The molecule has 3 atom stereocenters. The summed E-state index contributed by atoms with van der Waals surface area (Å²) in [7, 11) is 0. The maximum absolute atomic E-state index is 12.0. The largest absolute Gasteiger partial charge is 0.488 e. The van der Waals surface area contributed by atoms with Crippen molar-refractivity contribution in [1.29, 1.82) is 0 Å². The van der Waals surface area contributed by atoms with Crippen molar-refractivity contribution < 1.29 is 14.3 Å². The van der Waals surface area contributed by atoms with Crippen LogP contribution in [0.15, 0.2) is 48.7 Å². The van der Waals surface area contributed by atoms with Crippen molar-refractivity contribution in [3.8, 4) is 5.75 Å². The van der Waals surface area contributed by atoms with Crippen LogP contribution in [0.4, 0.5) is 4.79 Å². The van der Waals surface area contributed by atoms with E-state index in [9.17, 15) is 4.79 Å². The molecular weight excluding hydrogens is 304 g/mol. The van der Waals surface area contributed by atoms with Crippen LogP contribution in [0.25, 0.3) is 0 Å². The predicted molar refractivity (Wildman–Crippen MR) is 90.9 cm³/mol. The van der Waals surface area contributed by atoms with Crippen LogP contribution in [-0.4, -0.2) is 23.7 Å². The van der Waals surface area contributed by atoms with Crippen molar-refractivity contribution in [1.82, 2.24) is 10.3 Å². The topological polar surface area (TPSA) is 60.5 Å². The Labute approximate surface area is 142 Å². The van der Waals surface area contributed by atoms with Gasteiger partial charge in [-0.2, -0.15) is 0 Å². The monoisotopic (exact) mass is 326 g/mol. The molecule has 1 amide bonds. The second kappa shape index (κ2) is 7.34. The maximum Gasteiger partial charge on any atom is 0.407 e. The van der Waals surface area contributed by atoms with Crippen LogP contribution in [0.2, 0.25) is 0 Å². The number of hydrogen-bond acceptors (Lipinski definition) is 4. The van der Waals surface area contributed by atoms with Crippen molar-refractivity contribution in [2.75, 3.05) is 6.54 Å². The normalized spacial score (nSPS) is 22.2. The molecule has 1 aromatic carbocycles. The molecule has 2 heterocycles. The summed E-state index contributed by atoms with van der Waals surface area (Å²) in [6.07, 6.45) is 1.42. The number of ether oxygens (including phenoxy) is 2. The van der Waals surface area contributed by atoms with Crippen LogP contribution in [0, 0.1) is 5.92 Å². The highest BCUT2D eigenvalue weighted by molar-refractivity contribution is 5.67. The fourth-order valence-corrected chi connectivity index (χ4v) is 2.91. The summed E-state index contributed by atoms with van der Waals surface area (Å²) in [5.74, 6) is 1.16. The molecule has 1 N–H and O–H groups in total. The first-order valence-corrected chi connectivity index (χ1v) is 8.21. The standard InChI is InChI=1S/C19H22N2O3/c1-13-14(2)24-17-9-6-10-20-18(17)16(13)11-21-19(22)23-12-15-7-4-3-5-8-15/h3-10,13-14,16H,11-12H2,1-2H3,(H,21,22)/t13-,14+,16+/m1/s1. The highest BCUT2D eigenvalue weighted by atomic mass is 16.5. The maximum atomic E-state index is 12.0. The number of hydrogen-bond donors (Lipinski definition) is 1. The zero-order valence-corrected chi connectivity index (χ0v) is 13.9. The van der Waals surface area contributed by atoms with Crippen LogP contribution >= 0.6 is 0 Å². The number of nitrogens with zero attached hydrogens (tertiary/aromatic N) is 1. The van der Waals surface area contributed by atoms with Crippen molar-refractivity contribution in [2.45, 2.75) is 32.5 Å². The number of carbonyl (C=O) groups excluding carboxylic acids is 1. The minimum absolute atomic E-state index is 0.0776. The number of amides is 1. The van der Waals surface area contributed by atoms with Crippen molar-refractivity contribution in [3.63, 3.8) is 0 Å². The third-order valence-electron chi connectivity index (χ3n) is 4.52. The number of benzene rings is 1. The Hall–Kier alpha value is -2.56. The van der Waals surface area contributed by atoms with E-state index in [2.05, 4.69) is 17.2 Å². The zero-order valence-electron chi connectivity index (χ0n) is 13.9. The summed E-state index contributed by atoms with van der Waals surface area (Å²) >= 11 is 0. The lowest BCUT2D eigenvalue weighted by Gasteiger charge is -2.35. The Morgan fingerprint density at radius 3 is 2.79 bits per heavy atom. The molecule has 0 radical (unpaired) electrons. The van der Waals surface area contributed by atoms with Gasteiger partial charge in [0.15, 0.2) is 0 Å². The summed E-state index contributed by atoms with van der Waals surface area (Å²) in [5.41, 5.74) is 1.86. The van der Waals surface area contributed by atoms with E-state index in [0.717, 1.165) is 17.0 Å². The van der Waals surface area contributed by atoms with Crippen molar-refractivity contribution in [2.24, 2.45) is 5.92 Å². The molecule has 0 unspecified atom stereocenters. The van der Waals surface area contributed by atoms with Gasteiger partial charge in [-0.25, -0.2) is 4.79 Å². The molecule has 3 rings (SSSR count). The number of nitrogens with one attached hydrogen (secondary N) is 1. The summed E-state index contributed by atoms with van der Waals surface area (Å²) < 4.78 is 11.1. The van der Waals surface area contributed by atoms with Crippen LogP contribution < -0.4 is 10.1 Å². The van der Waals surface area contributed by atoms with Crippen molar-refractivity contribution >= 4 is 6.09 Å². The van der Waals surface area contributed by atoms with Gasteiger partial charge in [-0.3, -0.25) is 4.98 Å². The SMILES string of the molecule is C[C@@H]1[C@H](C)Oc2cccnc2[C@H]1CNC(=O)OCc1ccccc1. The van der Waals surface area contributed by atoms with Gasteiger partial charge in [0.05, 0.1) is 11.8 Å². The molecule has 5 heteroatoms. The van der Waals surface area contributed by atoms with E-state index in [4.69, 9.17) is 9.47 Å². The van der Waals surface area contributed by atoms with E-state index >= 15 is 0 Å². The number of alkyl carbamates (subject to hydrolysis) is 1. The highest BCUT2D eigenvalue weighted by Gasteiger charge is 2.34. The molecule has 1 aliphatic rings. The Morgan fingerprint density at radius 1 is 1.21 bits per heavy atom. The smallest absolute Gasteiger partial charge is 0.407 e. The van der Waals surface area contributed by atoms with Crippen LogP contribution in [0.1, 0.15) is 31.0 Å². The van der Waals surface area contributed by atoms with E-state index in [1.165, 1.54) is 0 Å². The average Bonchev–Trinajstić information content (AvgIpc) is 2.61. The lowest BCUT2D eigenvalue weighted by Crippen LogP contribution is -2.39. The second-order valence-corrected chi connectivity index (χ2v) is 6.12. The number of aromatic nitrogens is 1. The molecule has 0 saturated heterocycles.